The zero-order valence-corrected chi connectivity index (χ0v) is 12.7. The number of anilines is 1. The molecule has 2 fully saturated rings. The number of para-hydroxylation sites is 1. The van der Waals surface area contributed by atoms with E-state index in [0.717, 1.165) is 5.69 Å². The minimum Gasteiger partial charge on any atom is -0.344 e. The molecule has 0 bridgehead atoms. The number of carbonyl (C=O) groups is 2. The Labute approximate surface area is 130 Å². The number of benzene rings is 1. The average Bonchev–Trinajstić information content (AvgIpc) is 2.63. The van der Waals surface area contributed by atoms with Crippen LogP contribution in [0.2, 0.25) is 0 Å². The van der Waals surface area contributed by atoms with Gasteiger partial charge in [-0.05, 0) is 25.5 Å². The molecule has 1 aromatic rings. The predicted octanol–water partition coefficient (Wildman–Crippen LogP) is 0.938. The van der Waals surface area contributed by atoms with E-state index in [4.69, 9.17) is 0 Å². The third-order valence-corrected chi connectivity index (χ3v) is 4.06. The summed E-state index contributed by atoms with van der Waals surface area (Å²) in [6.07, 6.45) is 0.666. The molecule has 5 nitrogen and oxygen atoms in total. The van der Waals surface area contributed by atoms with E-state index in [2.05, 4.69) is 10.6 Å². The van der Waals surface area contributed by atoms with Crippen molar-refractivity contribution in [2.75, 3.05) is 18.0 Å². The Balaban J connectivity index is 0.00000161. The van der Waals surface area contributed by atoms with Gasteiger partial charge in [-0.2, -0.15) is 0 Å². The molecule has 2 heterocycles. The van der Waals surface area contributed by atoms with Gasteiger partial charge in [0.2, 0.25) is 11.8 Å². The lowest BCUT2D eigenvalue weighted by atomic mass is 10.0. The highest BCUT2D eigenvalue weighted by Crippen LogP contribution is 2.26. The molecule has 114 valence electrons. The van der Waals surface area contributed by atoms with Crippen LogP contribution in [-0.2, 0) is 9.59 Å². The van der Waals surface area contributed by atoms with E-state index in [9.17, 15) is 9.59 Å². The van der Waals surface area contributed by atoms with Gasteiger partial charge in [-0.25, -0.2) is 0 Å². The smallest absolute Gasteiger partial charge is 0.249 e. The Morgan fingerprint density at radius 2 is 1.95 bits per heavy atom. The third kappa shape index (κ3) is 3.04. The minimum absolute atomic E-state index is 0. The van der Waals surface area contributed by atoms with Crippen molar-refractivity contribution in [1.82, 2.24) is 10.6 Å². The van der Waals surface area contributed by atoms with Gasteiger partial charge in [-0.1, -0.05) is 18.2 Å². The van der Waals surface area contributed by atoms with Gasteiger partial charge in [0, 0.05) is 24.8 Å². The van der Waals surface area contributed by atoms with Crippen molar-refractivity contribution < 1.29 is 9.59 Å². The van der Waals surface area contributed by atoms with Crippen molar-refractivity contribution in [1.29, 1.82) is 0 Å². The first-order valence-electron chi connectivity index (χ1n) is 7.06. The molecular formula is C15H20ClN3O2. The highest BCUT2D eigenvalue weighted by Gasteiger charge is 2.40. The maximum Gasteiger partial charge on any atom is 0.249 e. The molecule has 0 saturated carbocycles. The topological polar surface area (TPSA) is 61.4 Å². The van der Waals surface area contributed by atoms with Crippen LogP contribution >= 0.6 is 12.4 Å². The summed E-state index contributed by atoms with van der Waals surface area (Å²) in [6, 6.07) is 9.33. The molecule has 0 radical (unpaired) electrons. The lowest BCUT2D eigenvalue weighted by molar-refractivity contribution is -0.130. The van der Waals surface area contributed by atoms with Gasteiger partial charge in [0.15, 0.2) is 0 Å². The van der Waals surface area contributed by atoms with Gasteiger partial charge >= 0.3 is 0 Å². The molecule has 2 unspecified atom stereocenters. The monoisotopic (exact) mass is 309 g/mol. The average molecular weight is 310 g/mol. The number of carbonyl (C=O) groups excluding carboxylic acids is 2. The summed E-state index contributed by atoms with van der Waals surface area (Å²) in [4.78, 5) is 26.2. The normalized spacial score (nSPS) is 25.2. The Morgan fingerprint density at radius 3 is 2.52 bits per heavy atom. The van der Waals surface area contributed by atoms with Crippen LogP contribution in [0.1, 0.15) is 13.3 Å². The van der Waals surface area contributed by atoms with Crippen LogP contribution in [0.25, 0.3) is 0 Å². The number of amides is 2. The SMILES string of the molecule is CC1CC(NC(=O)C2CNC2)C(=O)N1c1ccccc1.Cl. The summed E-state index contributed by atoms with van der Waals surface area (Å²) in [7, 11) is 0. The van der Waals surface area contributed by atoms with Gasteiger partial charge < -0.3 is 15.5 Å². The second-order valence-corrected chi connectivity index (χ2v) is 5.54. The summed E-state index contributed by atoms with van der Waals surface area (Å²) in [5, 5.41) is 5.96. The van der Waals surface area contributed by atoms with Crippen molar-refractivity contribution in [2.45, 2.75) is 25.4 Å². The van der Waals surface area contributed by atoms with Crippen LogP contribution in [0.4, 0.5) is 5.69 Å². The molecule has 2 amide bonds. The van der Waals surface area contributed by atoms with Crippen LogP contribution in [0, 0.1) is 5.92 Å². The molecule has 0 aliphatic carbocycles. The van der Waals surface area contributed by atoms with E-state index < -0.39 is 6.04 Å². The number of hydrogen-bond acceptors (Lipinski definition) is 3. The predicted molar refractivity (Wildman–Crippen MR) is 83.5 cm³/mol. The maximum absolute atomic E-state index is 12.5. The molecule has 6 heteroatoms. The Kier molecular flexibility index (Phi) is 4.85. The van der Waals surface area contributed by atoms with E-state index in [-0.39, 0.29) is 36.2 Å². The van der Waals surface area contributed by atoms with Gasteiger partial charge in [0.05, 0.1) is 5.92 Å². The lowest BCUT2D eigenvalue weighted by Crippen LogP contribution is -2.54. The first kappa shape index (κ1) is 15.8. The molecule has 2 aliphatic heterocycles. The quantitative estimate of drug-likeness (QED) is 0.873. The number of nitrogens with one attached hydrogen (secondary N) is 2. The molecule has 3 rings (SSSR count). The second-order valence-electron chi connectivity index (χ2n) is 5.54. The van der Waals surface area contributed by atoms with E-state index in [1.807, 2.05) is 37.3 Å². The number of halogens is 1. The number of hydrogen-bond donors (Lipinski definition) is 2. The molecular weight excluding hydrogens is 290 g/mol. The number of nitrogens with zero attached hydrogens (tertiary/aromatic N) is 1. The van der Waals surface area contributed by atoms with Crippen LogP contribution in [0.5, 0.6) is 0 Å². The molecule has 2 atom stereocenters. The third-order valence-electron chi connectivity index (χ3n) is 4.06. The van der Waals surface area contributed by atoms with E-state index in [1.165, 1.54) is 0 Å². The first-order chi connectivity index (χ1) is 9.66. The van der Waals surface area contributed by atoms with Crippen molar-refractivity contribution in [3.05, 3.63) is 30.3 Å². The minimum atomic E-state index is -0.390. The zero-order valence-electron chi connectivity index (χ0n) is 11.9. The summed E-state index contributed by atoms with van der Waals surface area (Å²) in [6.45, 7) is 3.44. The molecule has 0 spiro atoms. The van der Waals surface area contributed by atoms with E-state index in [0.29, 0.717) is 19.5 Å². The van der Waals surface area contributed by atoms with Gasteiger partial charge in [-0.15, -0.1) is 12.4 Å². The Hall–Kier alpha value is -1.59. The van der Waals surface area contributed by atoms with Crippen LogP contribution in [-0.4, -0.2) is 37.0 Å². The highest BCUT2D eigenvalue weighted by atomic mass is 35.5. The largest absolute Gasteiger partial charge is 0.344 e. The van der Waals surface area contributed by atoms with Gasteiger partial charge in [-0.3, -0.25) is 9.59 Å². The van der Waals surface area contributed by atoms with Crippen molar-refractivity contribution in [3.8, 4) is 0 Å². The van der Waals surface area contributed by atoms with Crippen molar-refractivity contribution in [3.63, 3.8) is 0 Å². The fourth-order valence-electron chi connectivity index (χ4n) is 2.79. The van der Waals surface area contributed by atoms with Gasteiger partial charge in [0.25, 0.3) is 0 Å². The van der Waals surface area contributed by atoms with Crippen LogP contribution in [0.15, 0.2) is 30.3 Å². The summed E-state index contributed by atoms with van der Waals surface area (Å²) in [5.74, 6) is -0.00238. The Morgan fingerprint density at radius 1 is 1.29 bits per heavy atom. The molecule has 21 heavy (non-hydrogen) atoms. The van der Waals surface area contributed by atoms with E-state index in [1.54, 1.807) is 4.90 Å². The summed E-state index contributed by atoms with van der Waals surface area (Å²) >= 11 is 0. The summed E-state index contributed by atoms with van der Waals surface area (Å²) in [5.41, 5.74) is 0.895. The van der Waals surface area contributed by atoms with Crippen LogP contribution in [0.3, 0.4) is 0 Å². The molecule has 0 aromatic heterocycles. The fraction of sp³-hybridized carbons (Fsp3) is 0.467. The molecule has 2 aliphatic rings. The van der Waals surface area contributed by atoms with Crippen molar-refractivity contribution in [2.24, 2.45) is 5.92 Å². The van der Waals surface area contributed by atoms with Crippen molar-refractivity contribution >= 4 is 29.9 Å². The highest BCUT2D eigenvalue weighted by molar-refractivity contribution is 6.02. The van der Waals surface area contributed by atoms with Gasteiger partial charge in [0.1, 0.15) is 6.04 Å². The van der Waals surface area contributed by atoms with E-state index >= 15 is 0 Å². The second kappa shape index (κ2) is 6.45. The summed E-state index contributed by atoms with van der Waals surface area (Å²) < 4.78 is 0. The number of rotatable bonds is 3. The fourth-order valence-corrected chi connectivity index (χ4v) is 2.79. The zero-order chi connectivity index (χ0) is 14.1. The maximum atomic E-state index is 12.5. The molecule has 2 saturated heterocycles. The first-order valence-corrected chi connectivity index (χ1v) is 7.06. The standard InChI is InChI=1S/C15H19N3O2.ClH/c1-10-7-13(17-14(19)11-8-16-9-11)15(20)18(10)12-5-3-2-4-6-12;/h2-6,10-11,13,16H,7-9H2,1H3,(H,17,19);1H. The lowest BCUT2D eigenvalue weighted by Gasteiger charge is -2.27. The van der Waals surface area contributed by atoms with Crippen LogP contribution < -0.4 is 15.5 Å². The molecule has 1 aromatic carbocycles. The Bertz CT molecular complexity index is 519. The molecule has 2 N–H and O–H groups in total.